The van der Waals surface area contributed by atoms with Gasteiger partial charge in [0.1, 0.15) is 5.82 Å². The number of ether oxygens (including phenoxy) is 1. The molecule has 0 heterocycles. The largest absolute Gasteiger partial charge is 0.466 e. The lowest BCUT2D eigenvalue weighted by atomic mass is 10.0. The van der Waals surface area contributed by atoms with Crippen LogP contribution in [0.2, 0.25) is 5.02 Å². The normalized spacial score (nSPS) is 12.2. The number of carbonyl (C=O) groups excluding carboxylic acids is 1. The van der Waals surface area contributed by atoms with Crippen molar-refractivity contribution >= 4 is 17.6 Å². The summed E-state index contributed by atoms with van der Waals surface area (Å²) in [7, 11) is 0. The van der Waals surface area contributed by atoms with Crippen LogP contribution < -0.4 is 5.73 Å². The van der Waals surface area contributed by atoms with E-state index in [1.807, 2.05) is 0 Å². The van der Waals surface area contributed by atoms with Crippen molar-refractivity contribution in [3.63, 3.8) is 0 Å². The molecular formula is C13H17ClFNO2. The van der Waals surface area contributed by atoms with Crippen molar-refractivity contribution in [2.24, 2.45) is 5.73 Å². The summed E-state index contributed by atoms with van der Waals surface area (Å²) in [6, 6.07) is 4.22. The van der Waals surface area contributed by atoms with Gasteiger partial charge in [-0.25, -0.2) is 4.39 Å². The molecule has 100 valence electrons. The number of rotatable bonds is 6. The third kappa shape index (κ3) is 5.02. The van der Waals surface area contributed by atoms with E-state index >= 15 is 0 Å². The molecule has 2 N–H and O–H groups in total. The van der Waals surface area contributed by atoms with Gasteiger partial charge in [0, 0.05) is 17.5 Å². The van der Waals surface area contributed by atoms with Crippen LogP contribution in [0.25, 0.3) is 0 Å². The van der Waals surface area contributed by atoms with Gasteiger partial charge < -0.3 is 10.5 Å². The zero-order chi connectivity index (χ0) is 13.5. The van der Waals surface area contributed by atoms with E-state index in [1.165, 1.54) is 6.07 Å². The summed E-state index contributed by atoms with van der Waals surface area (Å²) in [5.74, 6) is -0.640. The first-order chi connectivity index (χ1) is 8.52. The van der Waals surface area contributed by atoms with E-state index in [-0.39, 0.29) is 24.2 Å². The van der Waals surface area contributed by atoms with E-state index in [2.05, 4.69) is 0 Å². The second-order valence-corrected chi connectivity index (χ2v) is 4.48. The Hall–Kier alpha value is -1.13. The molecule has 1 aromatic carbocycles. The Bertz CT molecular complexity index is 412. The summed E-state index contributed by atoms with van der Waals surface area (Å²) >= 11 is 5.66. The van der Waals surface area contributed by atoms with Crippen LogP contribution in [0.5, 0.6) is 0 Å². The number of nitrogens with two attached hydrogens (primary N) is 1. The Morgan fingerprint density at radius 3 is 2.89 bits per heavy atom. The van der Waals surface area contributed by atoms with E-state index in [4.69, 9.17) is 22.1 Å². The maximum Gasteiger partial charge on any atom is 0.305 e. The molecule has 0 aliphatic carbocycles. The molecule has 0 fully saturated rings. The molecule has 0 aliphatic rings. The first-order valence-electron chi connectivity index (χ1n) is 5.88. The second kappa shape index (κ2) is 7.34. The molecule has 0 amide bonds. The molecule has 0 spiro atoms. The number of esters is 1. The van der Waals surface area contributed by atoms with Gasteiger partial charge in [0.15, 0.2) is 0 Å². The summed E-state index contributed by atoms with van der Waals surface area (Å²) in [5, 5.41) is 0.358. The third-order valence-corrected chi connectivity index (χ3v) is 2.76. The van der Waals surface area contributed by atoms with Crippen LogP contribution in [0.1, 0.15) is 25.3 Å². The van der Waals surface area contributed by atoms with Crippen LogP contribution in [0.15, 0.2) is 18.2 Å². The fraction of sp³-hybridized carbons (Fsp3) is 0.462. The number of hydrogen-bond donors (Lipinski definition) is 1. The van der Waals surface area contributed by atoms with Gasteiger partial charge in [-0.2, -0.15) is 0 Å². The van der Waals surface area contributed by atoms with E-state index < -0.39 is 0 Å². The van der Waals surface area contributed by atoms with Gasteiger partial charge in [-0.3, -0.25) is 4.79 Å². The molecule has 3 nitrogen and oxygen atoms in total. The first kappa shape index (κ1) is 14.9. The minimum absolute atomic E-state index is 0.254. The Morgan fingerprint density at radius 2 is 2.28 bits per heavy atom. The molecular weight excluding hydrogens is 257 g/mol. The van der Waals surface area contributed by atoms with Crippen LogP contribution in [0.4, 0.5) is 4.39 Å². The summed E-state index contributed by atoms with van der Waals surface area (Å²) in [4.78, 5) is 11.1. The Labute approximate surface area is 111 Å². The van der Waals surface area contributed by atoms with Crippen molar-refractivity contribution in [1.82, 2.24) is 0 Å². The predicted octanol–water partition coefficient (Wildman–Crippen LogP) is 2.69. The van der Waals surface area contributed by atoms with E-state index in [1.54, 1.807) is 19.1 Å². The molecule has 0 bridgehead atoms. The average Bonchev–Trinajstić information content (AvgIpc) is 2.31. The van der Waals surface area contributed by atoms with Gasteiger partial charge in [0.2, 0.25) is 0 Å². The summed E-state index contributed by atoms with van der Waals surface area (Å²) in [6.07, 6.45) is 1.10. The molecule has 1 unspecified atom stereocenters. The fourth-order valence-corrected chi connectivity index (χ4v) is 1.77. The standard InChI is InChI=1S/C13H17ClFNO2/c1-2-18-13(17)6-5-11(16)7-9-3-4-10(14)8-12(9)15/h3-4,8,11H,2,5-7,16H2,1H3. The SMILES string of the molecule is CCOC(=O)CCC(N)Cc1ccc(Cl)cc1F. The van der Waals surface area contributed by atoms with Gasteiger partial charge in [0.25, 0.3) is 0 Å². The highest BCUT2D eigenvalue weighted by atomic mass is 35.5. The maximum absolute atomic E-state index is 13.5. The number of halogens is 2. The van der Waals surface area contributed by atoms with Crippen molar-refractivity contribution in [3.8, 4) is 0 Å². The highest BCUT2D eigenvalue weighted by Gasteiger charge is 2.11. The van der Waals surface area contributed by atoms with Crippen LogP contribution in [-0.4, -0.2) is 18.6 Å². The molecule has 0 aromatic heterocycles. The quantitative estimate of drug-likeness (QED) is 0.811. The summed E-state index contributed by atoms with van der Waals surface area (Å²) in [5.41, 5.74) is 6.36. The zero-order valence-electron chi connectivity index (χ0n) is 10.3. The molecule has 1 rings (SSSR count). The Morgan fingerprint density at radius 1 is 1.56 bits per heavy atom. The lowest BCUT2D eigenvalue weighted by molar-refractivity contribution is -0.143. The van der Waals surface area contributed by atoms with Crippen LogP contribution in [-0.2, 0) is 16.0 Å². The predicted molar refractivity (Wildman–Crippen MR) is 69.0 cm³/mol. The van der Waals surface area contributed by atoms with Crippen molar-refractivity contribution < 1.29 is 13.9 Å². The summed E-state index contributed by atoms with van der Waals surface area (Å²) < 4.78 is 18.3. The highest BCUT2D eigenvalue weighted by molar-refractivity contribution is 6.30. The molecule has 5 heteroatoms. The van der Waals surface area contributed by atoms with Crippen LogP contribution >= 0.6 is 11.6 Å². The second-order valence-electron chi connectivity index (χ2n) is 4.04. The fourth-order valence-electron chi connectivity index (χ4n) is 1.61. The topological polar surface area (TPSA) is 52.3 Å². The molecule has 1 atom stereocenters. The van der Waals surface area contributed by atoms with Gasteiger partial charge in [0.05, 0.1) is 6.61 Å². The minimum atomic E-state index is -0.367. The van der Waals surface area contributed by atoms with E-state index in [9.17, 15) is 9.18 Å². The Balaban J connectivity index is 2.44. The molecule has 0 radical (unpaired) electrons. The van der Waals surface area contributed by atoms with E-state index in [0.29, 0.717) is 30.0 Å². The lowest BCUT2D eigenvalue weighted by Crippen LogP contribution is -2.24. The van der Waals surface area contributed by atoms with Gasteiger partial charge in [-0.1, -0.05) is 17.7 Å². The smallest absolute Gasteiger partial charge is 0.305 e. The first-order valence-corrected chi connectivity index (χ1v) is 6.25. The van der Waals surface area contributed by atoms with Crippen molar-refractivity contribution in [2.45, 2.75) is 32.2 Å². The molecule has 0 saturated heterocycles. The highest BCUT2D eigenvalue weighted by Crippen LogP contribution is 2.16. The van der Waals surface area contributed by atoms with Crippen molar-refractivity contribution in [3.05, 3.63) is 34.6 Å². The number of benzene rings is 1. The zero-order valence-corrected chi connectivity index (χ0v) is 11.0. The van der Waals surface area contributed by atoms with Gasteiger partial charge in [-0.15, -0.1) is 0 Å². The number of carbonyl (C=O) groups is 1. The lowest BCUT2D eigenvalue weighted by Gasteiger charge is -2.12. The molecule has 18 heavy (non-hydrogen) atoms. The number of hydrogen-bond acceptors (Lipinski definition) is 3. The van der Waals surface area contributed by atoms with Crippen LogP contribution in [0.3, 0.4) is 0 Å². The maximum atomic E-state index is 13.5. The van der Waals surface area contributed by atoms with Crippen molar-refractivity contribution in [1.29, 1.82) is 0 Å². The minimum Gasteiger partial charge on any atom is -0.466 e. The third-order valence-electron chi connectivity index (χ3n) is 2.52. The molecule has 0 saturated carbocycles. The summed E-state index contributed by atoms with van der Waals surface area (Å²) in [6.45, 7) is 2.11. The average molecular weight is 274 g/mol. The van der Waals surface area contributed by atoms with Gasteiger partial charge in [-0.05, 0) is 37.5 Å². The van der Waals surface area contributed by atoms with Gasteiger partial charge >= 0.3 is 5.97 Å². The van der Waals surface area contributed by atoms with Crippen LogP contribution in [0, 0.1) is 5.82 Å². The molecule has 0 aliphatic heterocycles. The molecule has 1 aromatic rings. The Kier molecular flexibility index (Phi) is 6.09. The van der Waals surface area contributed by atoms with E-state index in [0.717, 1.165) is 0 Å². The van der Waals surface area contributed by atoms with Crippen molar-refractivity contribution in [2.75, 3.05) is 6.61 Å². The monoisotopic (exact) mass is 273 g/mol.